The maximum absolute atomic E-state index is 5.53. The Bertz CT molecular complexity index is 471. The Balaban J connectivity index is 2.44. The molecule has 0 aliphatic rings. The molecular weight excluding hydrogens is 186 g/mol. The summed E-state index contributed by atoms with van der Waals surface area (Å²) in [5.74, 6) is 0. The topological polar surface area (TPSA) is 43.8 Å². The van der Waals surface area contributed by atoms with E-state index in [9.17, 15) is 0 Å². The highest BCUT2D eigenvalue weighted by molar-refractivity contribution is 5.41. The average molecular weight is 201 g/mol. The first-order chi connectivity index (χ1) is 7.20. The third kappa shape index (κ3) is 1.92. The summed E-state index contributed by atoms with van der Waals surface area (Å²) in [5, 5.41) is 4.38. The maximum atomic E-state index is 5.53. The fourth-order valence-electron chi connectivity index (χ4n) is 1.67. The van der Waals surface area contributed by atoms with Gasteiger partial charge in [-0.05, 0) is 31.5 Å². The Kier molecular flexibility index (Phi) is 2.56. The van der Waals surface area contributed by atoms with Crippen LogP contribution in [0.25, 0.3) is 5.69 Å². The summed E-state index contributed by atoms with van der Waals surface area (Å²) in [4.78, 5) is 0. The van der Waals surface area contributed by atoms with Crippen molar-refractivity contribution in [2.75, 3.05) is 0 Å². The van der Waals surface area contributed by atoms with Gasteiger partial charge in [0.1, 0.15) is 0 Å². The van der Waals surface area contributed by atoms with Crippen LogP contribution in [0.2, 0.25) is 0 Å². The molecule has 3 nitrogen and oxygen atoms in total. The third-order valence-electron chi connectivity index (χ3n) is 2.45. The van der Waals surface area contributed by atoms with Crippen LogP contribution < -0.4 is 5.73 Å². The molecular formula is C12H15N3. The van der Waals surface area contributed by atoms with Crippen molar-refractivity contribution in [3.05, 3.63) is 47.3 Å². The summed E-state index contributed by atoms with van der Waals surface area (Å²) in [6, 6.07) is 8.27. The monoisotopic (exact) mass is 201 g/mol. The van der Waals surface area contributed by atoms with E-state index >= 15 is 0 Å². The van der Waals surface area contributed by atoms with Crippen LogP contribution in [0.4, 0.5) is 0 Å². The smallest absolute Gasteiger partial charge is 0.0764 e. The second kappa shape index (κ2) is 3.87. The predicted octanol–water partition coefficient (Wildman–Crippen LogP) is 1.95. The number of hydrogen-bond acceptors (Lipinski definition) is 2. The van der Waals surface area contributed by atoms with Crippen molar-refractivity contribution >= 4 is 0 Å². The number of aromatic nitrogens is 2. The number of hydrogen-bond donors (Lipinski definition) is 1. The molecule has 0 unspecified atom stereocenters. The fraction of sp³-hybridized carbons (Fsp3) is 0.250. The average Bonchev–Trinajstić information content (AvgIpc) is 2.66. The van der Waals surface area contributed by atoms with E-state index in [0.717, 1.165) is 11.4 Å². The van der Waals surface area contributed by atoms with Gasteiger partial charge in [0.15, 0.2) is 0 Å². The standard InChI is InChI=1S/C12H15N3/c1-9-3-4-12(10(2)7-9)15-6-5-11(8-13)14-15/h3-7H,8,13H2,1-2H3. The van der Waals surface area contributed by atoms with Crippen LogP contribution in [0.3, 0.4) is 0 Å². The minimum Gasteiger partial charge on any atom is -0.325 e. The van der Waals surface area contributed by atoms with Crippen molar-refractivity contribution in [1.82, 2.24) is 9.78 Å². The minimum atomic E-state index is 0.484. The molecule has 0 saturated carbocycles. The van der Waals surface area contributed by atoms with E-state index in [1.807, 2.05) is 16.9 Å². The van der Waals surface area contributed by atoms with Gasteiger partial charge >= 0.3 is 0 Å². The van der Waals surface area contributed by atoms with E-state index in [1.165, 1.54) is 11.1 Å². The lowest BCUT2D eigenvalue weighted by atomic mass is 10.1. The highest BCUT2D eigenvalue weighted by atomic mass is 15.3. The van der Waals surface area contributed by atoms with Gasteiger partial charge in [0.25, 0.3) is 0 Å². The van der Waals surface area contributed by atoms with Crippen molar-refractivity contribution in [3.63, 3.8) is 0 Å². The van der Waals surface area contributed by atoms with Gasteiger partial charge in [-0.1, -0.05) is 17.7 Å². The molecule has 0 radical (unpaired) electrons. The quantitative estimate of drug-likeness (QED) is 0.807. The van der Waals surface area contributed by atoms with Crippen LogP contribution in [-0.4, -0.2) is 9.78 Å². The van der Waals surface area contributed by atoms with Gasteiger partial charge < -0.3 is 5.73 Å². The van der Waals surface area contributed by atoms with Crippen molar-refractivity contribution in [2.45, 2.75) is 20.4 Å². The molecule has 1 aromatic carbocycles. The molecule has 2 N–H and O–H groups in total. The van der Waals surface area contributed by atoms with Crippen molar-refractivity contribution in [2.24, 2.45) is 5.73 Å². The lowest BCUT2D eigenvalue weighted by molar-refractivity contribution is 0.828. The van der Waals surface area contributed by atoms with E-state index in [4.69, 9.17) is 5.73 Å². The van der Waals surface area contributed by atoms with Crippen molar-refractivity contribution in [3.8, 4) is 5.69 Å². The summed E-state index contributed by atoms with van der Waals surface area (Å²) >= 11 is 0. The number of rotatable bonds is 2. The van der Waals surface area contributed by atoms with Crippen LogP contribution in [0.5, 0.6) is 0 Å². The van der Waals surface area contributed by atoms with Crippen LogP contribution in [-0.2, 0) is 6.54 Å². The van der Waals surface area contributed by atoms with Crippen LogP contribution in [0.1, 0.15) is 16.8 Å². The molecule has 0 fully saturated rings. The molecule has 0 saturated heterocycles. The van der Waals surface area contributed by atoms with Gasteiger partial charge in [0, 0.05) is 12.7 Å². The highest BCUT2D eigenvalue weighted by Crippen LogP contribution is 2.14. The first-order valence-corrected chi connectivity index (χ1v) is 5.03. The van der Waals surface area contributed by atoms with Gasteiger partial charge in [-0.25, -0.2) is 4.68 Å². The van der Waals surface area contributed by atoms with Crippen LogP contribution in [0, 0.1) is 13.8 Å². The predicted molar refractivity (Wildman–Crippen MR) is 60.9 cm³/mol. The molecule has 0 bridgehead atoms. The van der Waals surface area contributed by atoms with E-state index in [2.05, 4.69) is 37.1 Å². The lowest BCUT2D eigenvalue weighted by Crippen LogP contribution is -2.01. The molecule has 1 heterocycles. The number of aryl methyl sites for hydroxylation is 2. The second-order valence-electron chi connectivity index (χ2n) is 3.75. The van der Waals surface area contributed by atoms with E-state index in [0.29, 0.717) is 6.54 Å². The fourth-order valence-corrected chi connectivity index (χ4v) is 1.67. The van der Waals surface area contributed by atoms with Gasteiger partial charge in [0.2, 0.25) is 0 Å². The molecule has 0 aliphatic heterocycles. The second-order valence-corrected chi connectivity index (χ2v) is 3.75. The van der Waals surface area contributed by atoms with Gasteiger partial charge in [-0.3, -0.25) is 0 Å². The van der Waals surface area contributed by atoms with E-state index in [1.54, 1.807) is 0 Å². The Morgan fingerprint density at radius 3 is 2.67 bits per heavy atom. The zero-order chi connectivity index (χ0) is 10.8. The normalized spacial score (nSPS) is 10.6. The van der Waals surface area contributed by atoms with Crippen LogP contribution in [0.15, 0.2) is 30.5 Å². The molecule has 0 amide bonds. The number of benzene rings is 1. The first-order valence-electron chi connectivity index (χ1n) is 5.03. The molecule has 0 spiro atoms. The maximum Gasteiger partial charge on any atom is 0.0764 e. The van der Waals surface area contributed by atoms with Crippen LogP contribution >= 0.6 is 0 Å². The molecule has 1 aromatic heterocycles. The van der Waals surface area contributed by atoms with E-state index < -0.39 is 0 Å². The zero-order valence-electron chi connectivity index (χ0n) is 9.07. The SMILES string of the molecule is Cc1ccc(-n2ccc(CN)n2)c(C)c1. The Morgan fingerprint density at radius 1 is 1.27 bits per heavy atom. The molecule has 0 aliphatic carbocycles. The first kappa shape index (κ1) is 9.93. The molecule has 78 valence electrons. The Labute approximate surface area is 89.5 Å². The molecule has 15 heavy (non-hydrogen) atoms. The largest absolute Gasteiger partial charge is 0.325 e. The summed E-state index contributed by atoms with van der Waals surface area (Å²) < 4.78 is 1.87. The lowest BCUT2D eigenvalue weighted by Gasteiger charge is -2.06. The molecule has 3 heteroatoms. The Hall–Kier alpha value is -1.61. The summed E-state index contributed by atoms with van der Waals surface area (Å²) in [5.41, 5.74) is 10.0. The minimum absolute atomic E-state index is 0.484. The summed E-state index contributed by atoms with van der Waals surface area (Å²) in [6.45, 7) is 4.66. The highest BCUT2D eigenvalue weighted by Gasteiger charge is 2.02. The van der Waals surface area contributed by atoms with Gasteiger partial charge in [0.05, 0.1) is 11.4 Å². The summed E-state index contributed by atoms with van der Waals surface area (Å²) in [7, 11) is 0. The van der Waals surface area contributed by atoms with Crippen molar-refractivity contribution in [1.29, 1.82) is 0 Å². The molecule has 2 rings (SSSR count). The van der Waals surface area contributed by atoms with Crippen molar-refractivity contribution < 1.29 is 0 Å². The van der Waals surface area contributed by atoms with Gasteiger partial charge in [-0.2, -0.15) is 5.10 Å². The zero-order valence-corrected chi connectivity index (χ0v) is 9.07. The Morgan fingerprint density at radius 2 is 2.07 bits per heavy atom. The molecule has 0 atom stereocenters. The molecule has 2 aromatic rings. The number of nitrogens with zero attached hydrogens (tertiary/aromatic N) is 2. The van der Waals surface area contributed by atoms with E-state index in [-0.39, 0.29) is 0 Å². The summed E-state index contributed by atoms with van der Waals surface area (Å²) in [6.07, 6.45) is 1.94. The van der Waals surface area contributed by atoms with Gasteiger partial charge in [-0.15, -0.1) is 0 Å². The number of nitrogens with two attached hydrogens (primary N) is 1. The third-order valence-corrected chi connectivity index (χ3v) is 2.45.